The minimum atomic E-state index is -0.162. The van der Waals surface area contributed by atoms with Gasteiger partial charge in [0.2, 0.25) is 0 Å². The Labute approximate surface area is 187 Å². The number of likely N-dealkylation sites (tertiary alicyclic amines) is 1. The predicted molar refractivity (Wildman–Crippen MR) is 122 cm³/mol. The van der Waals surface area contributed by atoms with E-state index in [1.54, 1.807) is 6.07 Å². The van der Waals surface area contributed by atoms with E-state index >= 15 is 0 Å². The van der Waals surface area contributed by atoms with Crippen molar-refractivity contribution in [3.05, 3.63) is 72.2 Å². The van der Waals surface area contributed by atoms with Crippen LogP contribution in [0.3, 0.4) is 0 Å². The number of rotatable bonds is 4. The first-order chi connectivity index (χ1) is 15.7. The summed E-state index contributed by atoms with van der Waals surface area (Å²) in [5.41, 5.74) is 2.60. The second-order valence-electron chi connectivity index (χ2n) is 8.19. The maximum absolute atomic E-state index is 13.3. The highest BCUT2D eigenvalue weighted by atomic mass is 16.3. The van der Waals surface area contributed by atoms with Gasteiger partial charge in [0.1, 0.15) is 0 Å². The molecule has 0 unspecified atom stereocenters. The van der Waals surface area contributed by atoms with Crippen LogP contribution in [0.4, 0.5) is 5.69 Å². The van der Waals surface area contributed by atoms with Crippen LogP contribution in [0, 0.1) is 0 Å². The van der Waals surface area contributed by atoms with Gasteiger partial charge in [-0.2, -0.15) is 0 Å². The fourth-order valence-corrected chi connectivity index (χ4v) is 4.50. The van der Waals surface area contributed by atoms with Crippen LogP contribution in [-0.2, 0) is 0 Å². The second-order valence-corrected chi connectivity index (χ2v) is 8.19. The van der Waals surface area contributed by atoms with Gasteiger partial charge in [0.15, 0.2) is 17.8 Å². The van der Waals surface area contributed by atoms with Crippen LogP contribution < -0.4 is 4.90 Å². The fourth-order valence-electron chi connectivity index (χ4n) is 4.50. The summed E-state index contributed by atoms with van der Waals surface area (Å²) in [4.78, 5) is 36.6. The molecule has 2 amide bonds. The molecule has 3 heterocycles. The third kappa shape index (κ3) is 3.86. The molecule has 2 aliphatic heterocycles. The first-order valence-corrected chi connectivity index (χ1v) is 11.1. The average Bonchev–Trinajstić information content (AvgIpc) is 3.56. The summed E-state index contributed by atoms with van der Waals surface area (Å²) >= 11 is 0. The van der Waals surface area contributed by atoms with Crippen molar-refractivity contribution in [3.63, 3.8) is 0 Å². The molecule has 0 atom stereocenters. The predicted octanol–water partition coefficient (Wildman–Crippen LogP) is 3.54. The molecule has 1 aromatic heterocycles. The van der Waals surface area contributed by atoms with Gasteiger partial charge in [0, 0.05) is 50.5 Å². The molecule has 2 fully saturated rings. The van der Waals surface area contributed by atoms with Crippen molar-refractivity contribution in [1.82, 2.24) is 14.8 Å². The summed E-state index contributed by atoms with van der Waals surface area (Å²) in [5, 5.41) is 0. The zero-order chi connectivity index (χ0) is 21.9. The number of piperazine rings is 1. The zero-order valence-corrected chi connectivity index (χ0v) is 17.9. The lowest BCUT2D eigenvalue weighted by atomic mass is 10.0. The standard InChI is InChI=1S/C25H26N4O3/c30-24(28-12-6-7-13-28)21-11-5-4-10-20(21)23-22(26-18-32-23)25(31)29-16-14-27(15-17-29)19-8-2-1-3-9-19/h1-5,8-11,18H,6-7,12-17H2. The topological polar surface area (TPSA) is 69.9 Å². The zero-order valence-electron chi connectivity index (χ0n) is 17.9. The van der Waals surface area contributed by atoms with E-state index in [4.69, 9.17) is 4.42 Å². The van der Waals surface area contributed by atoms with E-state index in [0.29, 0.717) is 30.0 Å². The van der Waals surface area contributed by atoms with E-state index in [0.717, 1.165) is 44.7 Å². The Morgan fingerprint density at radius 1 is 0.750 bits per heavy atom. The molecule has 0 saturated carbocycles. The van der Waals surface area contributed by atoms with E-state index in [2.05, 4.69) is 22.0 Å². The van der Waals surface area contributed by atoms with Crippen LogP contribution in [-0.4, -0.2) is 65.9 Å². The number of oxazole rings is 1. The van der Waals surface area contributed by atoms with Gasteiger partial charge in [-0.15, -0.1) is 0 Å². The Kier molecular flexibility index (Phi) is 5.62. The number of nitrogens with zero attached hydrogens (tertiary/aromatic N) is 4. The van der Waals surface area contributed by atoms with E-state index in [1.807, 2.05) is 46.2 Å². The average molecular weight is 431 g/mol. The molecule has 5 rings (SSSR count). The third-order valence-corrected chi connectivity index (χ3v) is 6.25. The molecule has 0 aliphatic carbocycles. The van der Waals surface area contributed by atoms with Crippen LogP contribution in [0.15, 0.2) is 65.4 Å². The number of aromatic nitrogens is 1. The van der Waals surface area contributed by atoms with E-state index in [9.17, 15) is 9.59 Å². The van der Waals surface area contributed by atoms with E-state index < -0.39 is 0 Å². The Morgan fingerprint density at radius 2 is 1.41 bits per heavy atom. The maximum Gasteiger partial charge on any atom is 0.276 e. The Hall–Kier alpha value is -3.61. The van der Waals surface area contributed by atoms with Crippen molar-refractivity contribution in [2.24, 2.45) is 0 Å². The SMILES string of the molecule is O=C(c1ccccc1-c1ocnc1C(=O)N1CCN(c2ccccc2)CC1)N1CCCC1. The Balaban J connectivity index is 1.36. The summed E-state index contributed by atoms with van der Waals surface area (Å²) in [5.74, 6) is 0.179. The highest BCUT2D eigenvalue weighted by Gasteiger charge is 2.30. The van der Waals surface area contributed by atoms with Crippen LogP contribution in [0.1, 0.15) is 33.7 Å². The number of anilines is 1. The van der Waals surface area contributed by atoms with E-state index in [-0.39, 0.29) is 17.5 Å². The number of amides is 2. The summed E-state index contributed by atoms with van der Waals surface area (Å²) in [6.07, 6.45) is 3.34. The van der Waals surface area contributed by atoms with Crippen LogP contribution in [0.5, 0.6) is 0 Å². The number of carbonyl (C=O) groups is 2. The number of hydrogen-bond donors (Lipinski definition) is 0. The Bertz CT molecular complexity index is 1100. The number of benzene rings is 2. The highest BCUT2D eigenvalue weighted by Crippen LogP contribution is 2.29. The van der Waals surface area contributed by atoms with Crippen molar-refractivity contribution in [2.45, 2.75) is 12.8 Å². The largest absolute Gasteiger partial charge is 0.443 e. The van der Waals surface area contributed by atoms with Crippen LogP contribution >= 0.6 is 0 Å². The van der Waals surface area contributed by atoms with Gasteiger partial charge in [-0.05, 0) is 31.0 Å². The fraction of sp³-hybridized carbons (Fsp3) is 0.320. The number of carbonyl (C=O) groups excluding carboxylic acids is 2. The minimum absolute atomic E-state index is 0.0237. The van der Waals surface area contributed by atoms with E-state index in [1.165, 1.54) is 6.39 Å². The van der Waals surface area contributed by atoms with Crippen molar-refractivity contribution in [2.75, 3.05) is 44.2 Å². The molecule has 2 aliphatic rings. The van der Waals surface area contributed by atoms with Gasteiger partial charge in [-0.1, -0.05) is 36.4 Å². The molecule has 7 nitrogen and oxygen atoms in total. The van der Waals surface area contributed by atoms with Crippen LogP contribution in [0.25, 0.3) is 11.3 Å². The summed E-state index contributed by atoms with van der Waals surface area (Å²) in [6.45, 7) is 4.25. The molecule has 7 heteroatoms. The highest BCUT2D eigenvalue weighted by molar-refractivity contribution is 6.04. The molecule has 2 saturated heterocycles. The molecule has 0 bridgehead atoms. The normalized spacial score (nSPS) is 16.4. The third-order valence-electron chi connectivity index (χ3n) is 6.25. The molecular weight excluding hydrogens is 404 g/mol. The van der Waals surface area contributed by atoms with Crippen molar-refractivity contribution >= 4 is 17.5 Å². The first kappa shape index (κ1) is 20.3. The molecule has 164 valence electrons. The summed E-state index contributed by atoms with van der Waals surface area (Å²) < 4.78 is 5.67. The molecule has 0 radical (unpaired) electrons. The van der Waals surface area contributed by atoms with Gasteiger partial charge < -0.3 is 19.1 Å². The van der Waals surface area contributed by atoms with Gasteiger partial charge in [0.05, 0.1) is 5.56 Å². The summed E-state index contributed by atoms with van der Waals surface area (Å²) in [6, 6.07) is 17.5. The van der Waals surface area contributed by atoms with Crippen molar-refractivity contribution in [1.29, 1.82) is 0 Å². The molecule has 3 aromatic rings. The molecule has 0 N–H and O–H groups in total. The molecule has 0 spiro atoms. The molecule has 32 heavy (non-hydrogen) atoms. The monoisotopic (exact) mass is 430 g/mol. The quantitative estimate of drug-likeness (QED) is 0.633. The van der Waals surface area contributed by atoms with Gasteiger partial charge in [-0.25, -0.2) is 4.98 Å². The van der Waals surface area contributed by atoms with Crippen molar-refractivity contribution in [3.8, 4) is 11.3 Å². The summed E-state index contributed by atoms with van der Waals surface area (Å²) in [7, 11) is 0. The van der Waals surface area contributed by atoms with Crippen molar-refractivity contribution < 1.29 is 14.0 Å². The lowest BCUT2D eigenvalue weighted by Crippen LogP contribution is -2.49. The minimum Gasteiger partial charge on any atom is -0.443 e. The van der Waals surface area contributed by atoms with Gasteiger partial charge in [0.25, 0.3) is 11.8 Å². The second kappa shape index (κ2) is 8.86. The Morgan fingerprint density at radius 3 is 2.16 bits per heavy atom. The number of para-hydroxylation sites is 1. The first-order valence-electron chi connectivity index (χ1n) is 11.1. The lowest BCUT2D eigenvalue weighted by molar-refractivity contribution is 0.0740. The molecular formula is C25H26N4O3. The number of hydrogen-bond acceptors (Lipinski definition) is 5. The lowest BCUT2D eigenvalue weighted by Gasteiger charge is -2.35. The van der Waals surface area contributed by atoms with Crippen LogP contribution in [0.2, 0.25) is 0 Å². The van der Waals surface area contributed by atoms with Gasteiger partial charge >= 0.3 is 0 Å². The van der Waals surface area contributed by atoms with Gasteiger partial charge in [-0.3, -0.25) is 9.59 Å². The maximum atomic E-state index is 13.3. The smallest absolute Gasteiger partial charge is 0.276 e. The molecule has 2 aromatic carbocycles.